The zero-order chi connectivity index (χ0) is 21.0. The van der Waals surface area contributed by atoms with Crippen LogP contribution >= 0.6 is 11.8 Å². The molecule has 29 heavy (non-hydrogen) atoms. The molecule has 2 aromatic rings. The Morgan fingerprint density at radius 1 is 1.24 bits per heavy atom. The van der Waals surface area contributed by atoms with Crippen LogP contribution in [0.1, 0.15) is 12.0 Å². The summed E-state index contributed by atoms with van der Waals surface area (Å²) in [5.41, 5.74) is 1.05. The average Bonchev–Trinajstić information content (AvgIpc) is 2.98. The summed E-state index contributed by atoms with van der Waals surface area (Å²) in [4.78, 5) is 25.0. The van der Waals surface area contributed by atoms with Crippen molar-refractivity contribution in [3.63, 3.8) is 0 Å². The average molecular weight is 415 g/mol. The second-order valence-electron chi connectivity index (χ2n) is 5.95. The SMILES string of the molecule is COc1cc(/C=N\N=C2/S[C@H](CC(=O)O)C(=O)N2c2ccc(O)cc2)ccc1O. The van der Waals surface area contributed by atoms with Gasteiger partial charge in [0.1, 0.15) is 11.0 Å². The molecule has 0 unspecified atom stereocenters. The second kappa shape index (κ2) is 8.65. The molecule has 1 saturated heterocycles. The summed E-state index contributed by atoms with van der Waals surface area (Å²) in [6.07, 6.45) is 1.06. The predicted octanol–water partition coefficient (Wildman–Crippen LogP) is 2.42. The van der Waals surface area contributed by atoms with E-state index in [1.54, 1.807) is 12.1 Å². The van der Waals surface area contributed by atoms with Gasteiger partial charge >= 0.3 is 5.97 Å². The van der Waals surface area contributed by atoms with E-state index >= 15 is 0 Å². The van der Waals surface area contributed by atoms with Crippen LogP contribution in [0.2, 0.25) is 0 Å². The van der Waals surface area contributed by atoms with Crippen molar-refractivity contribution >= 4 is 40.7 Å². The molecule has 0 bridgehead atoms. The first-order valence-electron chi connectivity index (χ1n) is 8.38. The van der Waals surface area contributed by atoms with E-state index in [0.717, 1.165) is 11.8 Å². The van der Waals surface area contributed by atoms with Gasteiger partial charge in [0, 0.05) is 0 Å². The zero-order valence-electron chi connectivity index (χ0n) is 15.2. The number of anilines is 1. The lowest BCUT2D eigenvalue weighted by Gasteiger charge is -2.15. The number of methoxy groups -OCH3 is 1. The quantitative estimate of drug-likeness (QED) is 0.487. The van der Waals surface area contributed by atoms with E-state index in [0.29, 0.717) is 11.3 Å². The molecule has 2 aromatic carbocycles. The molecule has 0 aliphatic carbocycles. The number of aliphatic carboxylic acids is 1. The molecule has 10 heteroatoms. The van der Waals surface area contributed by atoms with Gasteiger partial charge in [0.15, 0.2) is 16.7 Å². The Morgan fingerprint density at radius 3 is 2.62 bits per heavy atom. The van der Waals surface area contributed by atoms with Gasteiger partial charge in [-0.05, 0) is 48.0 Å². The topological polar surface area (TPSA) is 132 Å². The molecule has 0 radical (unpaired) electrons. The number of carboxylic acid groups (broad SMARTS) is 1. The van der Waals surface area contributed by atoms with Gasteiger partial charge in [0.05, 0.1) is 25.4 Å². The fourth-order valence-electron chi connectivity index (χ4n) is 2.58. The lowest BCUT2D eigenvalue weighted by molar-refractivity contribution is -0.138. The van der Waals surface area contributed by atoms with E-state index in [1.165, 1.54) is 48.6 Å². The Kier molecular flexibility index (Phi) is 6.03. The summed E-state index contributed by atoms with van der Waals surface area (Å²) < 4.78 is 5.03. The number of phenols is 2. The number of carbonyl (C=O) groups excluding carboxylic acids is 1. The van der Waals surface area contributed by atoms with Crippen LogP contribution in [0.15, 0.2) is 52.7 Å². The summed E-state index contributed by atoms with van der Waals surface area (Å²) in [5.74, 6) is -1.22. The van der Waals surface area contributed by atoms with Crippen LogP contribution in [-0.2, 0) is 9.59 Å². The molecule has 1 atom stereocenters. The van der Waals surface area contributed by atoms with E-state index < -0.39 is 17.1 Å². The minimum atomic E-state index is -1.09. The second-order valence-corrected chi connectivity index (χ2v) is 7.12. The number of ether oxygens (including phenoxy) is 1. The number of nitrogens with zero attached hydrogens (tertiary/aromatic N) is 3. The highest BCUT2D eigenvalue weighted by molar-refractivity contribution is 8.16. The number of carboxylic acids is 1. The van der Waals surface area contributed by atoms with Crippen molar-refractivity contribution in [3.8, 4) is 17.2 Å². The molecule has 9 nitrogen and oxygen atoms in total. The predicted molar refractivity (Wildman–Crippen MR) is 109 cm³/mol. The van der Waals surface area contributed by atoms with Crippen molar-refractivity contribution in [1.82, 2.24) is 0 Å². The van der Waals surface area contributed by atoms with Crippen LogP contribution < -0.4 is 9.64 Å². The maximum atomic E-state index is 12.7. The fourth-order valence-corrected chi connectivity index (χ4v) is 3.66. The molecule has 1 amide bonds. The molecule has 0 spiro atoms. The third-order valence-electron chi connectivity index (χ3n) is 3.96. The van der Waals surface area contributed by atoms with E-state index in [9.17, 15) is 19.8 Å². The van der Waals surface area contributed by atoms with Crippen LogP contribution in [0.3, 0.4) is 0 Å². The van der Waals surface area contributed by atoms with Crippen molar-refractivity contribution in [3.05, 3.63) is 48.0 Å². The largest absolute Gasteiger partial charge is 0.508 e. The van der Waals surface area contributed by atoms with Crippen LogP contribution in [-0.4, -0.2) is 50.9 Å². The third kappa shape index (κ3) is 4.66. The van der Waals surface area contributed by atoms with Gasteiger partial charge in [-0.1, -0.05) is 11.8 Å². The Hall–Kier alpha value is -3.53. The van der Waals surface area contributed by atoms with Gasteiger partial charge < -0.3 is 20.1 Å². The van der Waals surface area contributed by atoms with Gasteiger partial charge in [-0.2, -0.15) is 5.10 Å². The van der Waals surface area contributed by atoms with Crippen molar-refractivity contribution in [2.75, 3.05) is 12.0 Å². The van der Waals surface area contributed by atoms with Crippen LogP contribution in [0.25, 0.3) is 0 Å². The molecule has 3 rings (SSSR count). The third-order valence-corrected chi connectivity index (χ3v) is 5.08. The standard InChI is InChI=1S/C19H17N3O6S/c1-28-15-8-11(2-7-14(15)24)10-20-21-19-22(12-3-5-13(23)6-4-12)18(27)16(29-19)9-17(25)26/h2-8,10,16,23-24H,9H2,1H3,(H,25,26)/b20-10-,21-19-/t16-/m1/s1. The van der Waals surface area contributed by atoms with E-state index in [-0.39, 0.29) is 28.8 Å². The van der Waals surface area contributed by atoms with E-state index in [1.807, 2.05) is 0 Å². The monoisotopic (exact) mass is 415 g/mol. The number of rotatable bonds is 6. The van der Waals surface area contributed by atoms with Crippen LogP contribution in [0.4, 0.5) is 5.69 Å². The number of phenolic OH excluding ortho intramolecular Hbond substituents is 2. The highest BCUT2D eigenvalue weighted by atomic mass is 32.2. The molecule has 0 saturated carbocycles. The molecule has 1 aliphatic rings. The Morgan fingerprint density at radius 2 is 1.97 bits per heavy atom. The molecule has 1 aliphatic heterocycles. The number of benzene rings is 2. The number of amidine groups is 1. The molecular weight excluding hydrogens is 398 g/mol. The molecule has 0 aromatic heterocycles. The van der Waals surface area contributed by atoms with Gasteiger partial charge in [0.2, 0.25) is 5.91 Å². The minimum absolute atomic E-state index is 0.0112. The number of hydrogen-bond acceptors (Lipinski definition) is 8. The maximum Gasteiger partial charge on any atom is 0.305 e. The number of hydrogen-bond donors (Lipinski definition) is 3. The lowest BCUT2D eigenvalue weighted by atomic mass is 10.2. The molecule has 150 valence electrons. The summed E-state index contributed by atoms with van der Waals surface area (Å²) in [5, 5.41) is 35.6. The number of amides is 1. The van der Waals surface area contributed by atoms with Gasteiger partial charge in [-0.3, -0.25) is 14.5 Å². The molecule has 1 heterocycles. The maximum absolute atomic E-state index is 12.7. The highest BCUT2D eigenvalue weighted by Gasteiger charge is 2.40. The first-order valence-corrected chi connectivity index (χ1v) is 9.26. The molecule has 3 N–H and O–H groups in total. The number of aromatic hydroxyl groups is 2. The minimum Gasteiger partial charge on any atom is -0.508 e. The van der Waals surface area contributed by atoms with Crippen molar-refractivity contribution in [2.24, 2.45) is 10.2 Å². The summed E-state index contributed by atoms with van der Waals surface area (Å²) in [7, 11) is 1.43. The molecular formula is C19H17N3O6S. The number of thioether (sulfide) groups is 1. The van der Waals surface area contributed by atoms with E-state index in [4.69, 9.17) is 9.84 Å². The fraction of sp³-hybridized carbons (Fsp3) is 0.158. The van der Waals surface area contributed by atoms with Crippen molar-refractivity contribution in [2.45, 2.75) is 11.7 Å². The summed E-state index contributed by atoms with van der Waals surface area (Å²) >= 11 is 1.00. The first kappa shape index (κ1) is 20.2. The summed E-state index contributed by atoms with van der Waals surface area (Å²) in [6, 6.07) is 10.5. The van der Waals surface area contributed by atoms with Crippen molar-refractivity contribution in [1.29, 1.82) is 0 Å². The summed E-state index contributed by atoms with van der Waals surface area (Å²) in [6.45, 7) is 0. The first-order chi connectivity index (χ1) is 13.9. The lowest BCUT2D eigenvalue weighted by Crippen LogP contribution is -2.32. The smallest absolute Gasteiger partial charge is 0.305 e. The van der Waals surface area contributed by atoms with Crippen molar-refractivity contribution < 1.29 is 29.6 Å². The Bertz CT molecular complexity index is 990. The van der Waals surface area contributed by atoms with Gasteiger partial charge in [-0.15, -0.1) is 5.10 Å². The van der Waals surface area contributed by atoms with Gasteiger partial charge in [0.25, 0.3) is 0 Å². The van der Waals surface area contributed by atoms with Crippen LogP contribution in [0, 0.1) is 0 Å². The van der Waals surface area contributed by atoms with E-state index in [2.05, 4.69) is 10.2 Å². The Labute approximate surface area is 170 Å². The molecule has 1 fully saturated rings. The van der Waals surface area contributed by atoms with Crippen LogP contribution in [0.5, 0.6) is 17.2 Å². The Balaban J connectivity index is 1.89. The zero-order valence-corrected chi connectivity index (χ0v) is 16.0. The van der Waals surface area contributed by atoms with Gasteiger partial charge in [-0.25, -0.2) is 0 Å². The highest BCUT2D eigenvalue weighted by Crippen LogP contribution is 2.34. The number of carbonyl (C=O) groups is 2. The normalized spacial score (nSPS) is 18.0.